The number of aromatic nitrogens is 3. The third kappa shape index (κ3) is 2.65. The minimum Gasteiger partial charge on any atom is -0.481 e. The zero-order valence-corrected chi connectivity index (χ0v) is 11.7. The van der Waals surface area contributed by atoms with E-state index in [9.17, 15) is 0 Å². The van der Waals surface area contributed by atoms with Crippen molar-refractivity contribution in [3.63, 3.8) is 0 Å². The molecule has 0 saturated carbocycles. The molecule has 3 rings (SSSR count). The van der Waals surface area contributed by atoms with Crippen molar-refractivity contribution in [1.82, 2.24) is 20.0 Å². The molecule has 2 aromatic heterocycles. The van der Waals surface area contributed by atoms with Gasteiger partial charge in [0.05, 0.1) is 13.7 Å². The van der Waals surface area contributed by atoms with E-state index in [1.54, 1.807) is 19.4 Å². The maximum absolute atomic E-state index is 5.34. The average Bonchev–Trinajstić information content (AvgIpc) is 3.10. The first-order chi connectivity index (χ1) is 9.76. The second-order valence-electron chi connectivity index (χ2n) is 5.06. The third-order valence-corrected chi connectivity index (χ3v) is 3.70. The lowest BCUT2D eigenvalue weighted by Crippen LogP contribution is -2.26. The quantitative estimate of drug-likeness (QED) is 0.851. The summed E-state index contributed by atoms with van der Waals surface area (Å²) in [5.41, 5.74) is 0.848. The van der Waals surface area contributed by atoms with Crippen LogP contribution in [0.4, 0.5) is 0 Å². The molecular weight excluding hydrogens is 256 g/mol. The number of hydrogen-bond donors (Lipinski definition) is 0. The Bertz CT molecular complexity index is 584. The molecule has 1 aliphatic rings. The molecule has 0 aliphatic carbocycles. The largest absolute Gasteiger partial charge is 0.481 e. The number of methoxy groups -OCH3 is 1. The molecule has 1 saturated heterocycles. The zero-order chi connectivity index (χ0) is 13.9. The van der Waals surface area contributed by atoms with Crippen molar-refractivity contribution in [2.24, 2.45) is 0 Å². The smallest absolute Gasteiger partial charge is 0.241 e. The highest BCUT2D eigenvalue weighted by atomic mass is 16.5. The Balaban J connectivity index is 1.75. The molecule has 0 N–H and O–H groups in total. The van der Waals surface area contributed by atoms with Crippen LogP contribution in [0.1, 0.15) is 25.7 Å². The molecule has 1 fully saturated rings. The molecule has 1 aliphatic heterocycles. The lowest BCUT2D eigenvalue weighted by molar-refractivity contribution is 0.221. The number of likely N-dealkylation sites (tertiary alicyclic amines) is 1. The lowest BCUT2D eigenvalue weighted by Gasteiger charge is -2.17. The summed E-state index contributed by atoms with van der Waals surface area (Å²) in [4.78, 5) is 10.9. The zero-order valence-electron chi connectivity index (χ0n) is 11.7. The summed E-state index contributed by atoms with van der Waals surface area (Å²) >= 11 is 0. The molecule has 6 nitrogen and oxygen atoms in total. The van der Waals surface area contributed by atoms with Gasteiger partial charge in [0.2, 0.25) is 17.6 Å². The Hall–Kier alpha value is -1.95. The van der Waals surface area contributed by atoms with Crippen LogP contribution in [0.3, 0.4) is 0 Å². The summed E-state index contributed by atoms with van der Waals surface area (Å²) in [5.74, 6) is 1.78. The van der Waals surface area contributed by atoms with E-state index in [0.717, 1.165) is 18.7 Å². The van der Waals surface area contributed by atoms with Gasteiger partial charge in [0.15, 0.2) is 0 Å². The Morgan fingerprint density at radius 3 is 3.15 bits per heavy atom. The number of hydrogen-bond acceptors (Lipinski definition) is 6. The number of nitrogens with zero attached hydrogens (tertiary/aromatic N) is 4. The second kappa shape index (κ2) is 5.58. The van der Waals surface area contributed by atoms with E-state index in [0.29, 0.717) is 23.6 Å². The summed E-state index contributed by atoms with van der Waals surface area (Å²) < 4.78 is 10.4. The van der Waals surface area contributed by atoms with Crippen molar-refractivity contribution >= 4 is 0 Å². The minimum atomic E-state index is 0.544. The molecule has 6 heteroatoms. The molecule has 0 radical (unpaired) electrons. The third-order valence-electron chi connectivity index (χ3n) is 3.70. The Morgan fingerprint density at radius 2 is 2.40 bits per heavy atom. The summed E-state index contributed by atoms with van der Waals surface area (Å²) in [6.07, 6.45) is 4.15. The highest BCUT2D eigenvalue weighted by Crippen LogP contribution is 2.22. The van der Waals surface area contributed by atoms with Crippen LogP contribution < -0.4 is 4.74 Å². The topological polar surface area (TPSA) is 64.3 Å². The van der Waals surface area contributed by atoms with Gasteiger partial charge in [0.1, 0.15) is 0 Å². The standard InChI is InChI=1S/C14H18N4O2/c1-10-4-3-7-18(10)9-13-16-14(17-20-13)11-5-6-15-12(8-11)19-2/h5-6,8,10H,3-4,7,9H2,1-2H3. The monoisotopic (exact) mass is 274 g/mol. The van der Waals surface area contributed by atoms with Gasteiger partial charge >= 0.3 is 0 Å². The summed E-state index contributed by atoms with van der Waals surface area (Å²) in [6.45, 7) is 4.05. The highest BCUT2D eigenvalue weighted by Gasteiger charge is 2.22. The molecule has 0 spiro atoms. The highest BCUT2D eigenvalue weighted by molar-refractivity contribution is 5.54. The van der Waals surface area contributed by atoms with Crippen molar-refractivity contribution in [2.75, 3.05) is 13.7 Å². The Morgan fingerprint density at radius 1 is 1.50 bits per heavy atom. The molecule has 3 heterocycles. The van der Waals surface area contributed by atoms with Crippen LogP contribution in [0.2, 0.25) is 0 Å². The number of rotatable bonds is 4. The van der Waals surface area contributed by atoms with Gasteiger partial charge in [-0.2, -0.15) is 4.98 Å². The van der Waals surface area contributed by atoms with Gasteiger partial charge in [-0.3, -0.25) is 4.90 Å². The molecule has 106 valence electrons. The predicted molar refractivity (Wildman–Crippen MR) is 73.2 cm³/mol. The summed E-state index contributed by atoms with van der Waals surface area (Å²) in [5, 5.41) is 4.03. The van der Waals surface area contributed by atoms with E-state index in [2.05, 4.69) is 26.9 Å². The van der Waals surface area contributed by atoms with Crippen LogP contribution in [0.25, 0.3) is 11.4 Å². The van der Waals surface area contributed by atoms with E-state index in [1.807, 2.05) is 6.07 Å². The first kappa shape index (κ1) is 13.1. The van der Waals surface area contributed by atoms with E-state index in [-0.39, 0.29) is 0 Å². The normalized spacial score (nSPS) is 19.4. The fraction of sp³-hybridized carbons (Fsp3) is 0.500. The Labute approximate surface area is 117 Å². The van der Waals surface area contributed by atoms with Crippen LogP contribution in [0, 0.1) is 0 Å². The van der Waals surface area contributed by atoms with Crippen LogP contribution in [0.15, 0.2) is 22.9 Å². The fourth-order valence-corrected chi connectivity index (χ4v) is 2.50. The van der Waals surface area contributed by atoms with Gasteiger partial charge in [0, 0.05) is 23.9 Å². The molecule has 1 atom stereocenters. The van der Waals surface area contributed by atoms with Crippen molar-refractivity contribution in [2.45, 2.75) is 32.4 Å². The van der Waals surface area contributed by atoms with Gasteiger partial charge in [0.25, 0.3) is 0 Å². The molecule has 2 aromatic rings. The maximum atomic E-state index is 5.34. The van der Waals surface area contributed by atoms with Gasteiger partial charge in [-0.1, -0.05) is 5.16 Å². The van der Waals surface area contributed by atoms with Gasteiger partial charge in [-0.05, 0) is 32.4 Å². The van der Waals surface area contributed by atoms with E-state index < -0.39 is 0 Å². The predicted octanol–water partition coefficient (Wildman–Crippen LogP) is 2.12. The van der Waals surface area contributed by atoms with E-state index in [4.69, 9.17) is 9.26 Å². The first-order valence-electron chi connectivity index (χ1n) is 6.83. The molecule has 0 amide bonds. The maximum Gasteiger partial charge on any atom is 0.241 e. The SMILES string of the molecule is COc1cc(-c2noc(CN3CCCC3C)n2)ccn1. The van der Waals surface area contributed by atoms with Crippen molar-refractivity contribution < 1.29 is 9.26 Å². The molecular formula is C14H18N4O2. The lowest BCUT2D eigenvalue weighted by atomic mass is 10.2. The molecule has 0 aromatic carbocycles. The first-order valence-corrected chi connectivity index (χ1v) is 6.83. The molecule has 20 heavy (non-hydrogen) atoms. The van der Waals surface area contributed by atoms with Crippen LogP contribution in [-0.4, -0.2) is 39.7 Å². The van der Waals surface area contributed by atoms with Crippen molar-refractivity contribution in [1.29, 1.82) is 0 Å². The van der Waals surface area contributed by atoms with E-state index in [1.165, 1.54) is 12.8 Å². The fourth-order valence-electron chi connectivity index (χ4n) is 2.50. The van der Waals surface area contributed by atoms with Crippen molar-refractivity contribution in [3.05, 3.63) is 24.2 Å². The van der Waals surface area contributed by atoms with Crippen LogP contribution in [-0.2, 0) is 6.54 Å². The van der Waals surface area contributed by atoms with Crippen molar-refractivity contribution in [3.8, 4) is 17.3 Å². The van der Waals surface area contributed by atoms with E-state index >= 15 is 0 Å². The second-order valence-corrected chi connectivity index (χ2v) is 5.06. The average molecular weight is 274 g/mol. The Kier molecular flexibility index (Phi) is 3.64. The number of ether oxygens (including phenoxy) is 1. The minimum absolute atomic E-state index is 0.544. The molecule has 0 bridgehead atoms. The van der Waals surface area contributed by atoms with Gasteiger partial charge < -0.3 is 9.26 Å². The van der Waals surface area contributed by atoms with Gasteiger partial charge in [-0.15, -0.1) is 0 Å². The number of pyridine rings is 1. The van der Waals surface area contributed by atoms with Crippen LogP contribution >= 0.6 is 0 Å². The van der Waals surface area contributed by atoms with Gasteiger partial charge in [-0.25, -0.2) is 4.98 Å². The summed E-state index contributed by atoms with van der Waals surface area (Å²) in [6, 6.07) is 4.23. The summed E-state index contributed by atoms with van der Waals surface area (Å²) in [7, 11) is 1.59. The molecule has 1 unspecified atom stereocenters. The van der Waals surface area contributed by atoms with Crippen LogP contribution in [0.5, 0.6) is 5.88 Å².